The fourth-order valence-electron chi connectivity index (χ4n) is 2.00. The smallest absolute Gasteiger partial charge is 0.165 e. The van der Waals surface area contributed by atoms with Gasteiger partial charge in [0.25, 0.3) is 0 Å². The molecule has 1 aromatic heterocycles. The van der Waals surface area contributed by atoms with Crippen LogP contribution >= 0.6 is 0 Å². The third-order valence-corrected chi connectivity index (χ3v) is 2.83. The molecule has 0 spiro atoms. The van der Waals surface area contributed by atoms with Crippen molar-refractivity contribution in [1.29, 1.82) is 0 Å². The molecule has 0 aromatic carbocycles. The Hall–Kier alpha value is -1.10. The van der Waals surface area contributed by atoms with E-state index in [4.69, 9.17) is 5.73 Å². The lowest BCUT2D eigenvalue weighted by Gasteiger charge is -2.31. The van der Waals surface area contributed by atoms with Crippen molar-refractivity contribution in [3.8, 4) is 0 Å². The van der Waals surface area contributed by atoms with E-state index in [1.165, 1.54) is 19.4 Å². The number of nitrogens with zero attached hydrogens (tertiary/aromatic N) is 4. The van der Waals surface area contributed by atoms with Crippen LogP contribution in [-0.2, 0) is 0 Å². The number of aromatic nitrogens is 3. The molecule has 0 bridgehead atoms. The molecule has 14 heavy (non-hydrogen) atoms. The van der Waals surface area contributed by atoms with Gasteiger partial charge in [-0.3, -0.25) is 0 Å². The topological polar surface area (TPSA) is 60.0 Å². The highest BCUT2D eigenvalue weighted by Crippen LogP contribution is 2.20. The maximum atomic E-state index is 5.54. The molecule has 1 fully saturated rings. The van der Waals surface area contributed by atoms with Crippen molar-refractivity contribution in [2.75, 3.05) is 25.4 Å². The first kappa shape index (κ1) is 9.45. The molecule has 0 radical (unpaired) electrons. The second kappa shape index (κ2) is 3.96. The van der Waals surface area contributed by atoms with Crippen LogP contribution in [0.15, 0.2) is 6.20 Å². The highest BCUT2D eigenvalue weighted by Gasteiger charge is 2.20. The van der Waals surface area contributed by atoms with Crippen LogP contribution in [0.2, 0.25) is 0 Å². The Balaban J connectivity index is 2.04. The molecule has 1 aliphatic rings. The molecule has 2 rings (SSSR count). The van der Waals surface area contributed by atoms with Gasteiger partial charge in [0.1, 0.15) is 0 Å². The number of nitrogens with two attached hydrogens (primary N) is 1. The largest absolute Gasteiger partial charge is 0.381 e. The van der Waals surface area contributed by atoms with Gasteiger partial charge in [-0.05, 0) is 25.9 Å². The van der Waals surface area contributed by atoms with Crippen LogP contribution in [0.1, 0.15) is 25.8 Å². The Kier molecular flexibility index (Phi) is 2.67. The summed E-state index contributed by atoms with van der Waals surface area (Å²) in [6.07, 6.45) is 4.24. The molecule has 0 saturated carbocycles. The molecule has 1 atom stereocenters. The number of piperidine rings is 1. The fraction of sp³-hybridized carbons (Fsp3) is 0.778. The van der Waals surface area contributed by atoms with Crippen molar-refractivity contribution in [1.82, 2.24) is 19.9 Å². The summed E-state index contributed by atoms with van der Waals surface area (Å²) in [5, 5.41) is 7.84. The Morgan fingerprint density at radius 1 is 1.64 bits per heavy atom. The van der Waals surface area contributed by atoms with Crippen molar-refractivity contribution in [2.45, 2.75) is 25.8 Å². The highest BCUT2D eigenvalue weighted by molar-refractivity contribution is 5.20. The summed E-state index contributed by atoms with van der Waals surface area (Å²) in [7, 11) is 0. The lowest BCUT2D eigenvalue weighted by molar-refractivity contribution is 0.176. The molecule has 5 heteroatoms. The van der Waals surface area contributed by atoms with Crippen LogP contribution in [0, 0.1) is 0 Å². The molecular weight excluding hydrogens is 178 g/mol. The molecule has 1 aromatic rings. The first-order chi connectivity index (χ1) is 6.79. The van der Waals surface area contributed by atoms with Gasteiger partial charge in [0.15, 0.2) is 5.82 Å². The van der Waals surface area contributed by atoms with Crippen LogP contribution in [0.3, 0.4) is 0 Å². The quantitative estimate of drug-likeness (QED) is 0.747. The number of anilines is 1. The van der Waals surface area contributed by atoms with E-state index in [1.54, 1.807) is 0 Å². The Labute approximate surface area is 83.9 Å². The van der Waals surface area contributed by atoms with E-state index in [1.807, 2.05) is 10.9 Å². The van der Waals surface area contributed by atoms with Crippen LogP contribution in [0.5, 0.6) is 0 Å². The number of hydrogen-bond donors (Lipinski definition) is 1. The van der Waals surface area contributed by atoms with Crippen LogP contribution in [0.4, 0.5) is 5.82 Å². The van der Waals surface area contributed by atoms with Crippen molar-refractivity contribution in [3.63, 3.8) is 0 Å². The third-order valence-electron chi connectivity index (χ3n) is 2.83. The molecule has 5 nitrogen and oxygen atoms in total. The number of rotatable bonds is 2. The maximum absolute atomic E-state index is 5.54. The van der Waals surface area contributed by atoms with E-state index in [0.717, 1.165) is 13.1 Å². The zero-order valence-electron chi connectivity index (χ0n) is 8.56. The molecular formula is C9H17N5. The number of nitrogen functional groups attached to an aromatic ring is 1. The number of likely N-dealkylation sites (N-methyl/N-ethyl adjacent to an activating group) is 1. The average Bonchev–Trinajstić information content (AvgIpc) is 2.65. The van der Waals surface area contributed by atoms with Crippen molar-refractivity contribution >= 4 is 5.82 Å². The van der Waals surface area contributed by atoms with Gasteiger partial charge < -0.3 is 10.6 Å². The van der Waals surface area contributed by atoms with Gasteiger partial charge in [0.05, 0.1) is 12.2 Å². The SMILES string of the molecule is CCN1CCCC(n2cc(N)nn2)C1. The van der Waals surface area contributed by atoms with E-state index in [0.29, 0.717) is 11.9 Å². The van der Waals surface area contributed by atoms with E-state index in [-0.39, 0.29) is 0 Å². The molecule has 0 aliphatic carbocycles. The lowest BCUT2D eigenvalue weighted by Crippen LogP contribution is -2.36. The minimum absolute atomic E-state index is 0.452. The summed E-state index contributed by atoms with van der Waals surface area (Å²) in [4.78, 5) is 2.44. The van der Waals surface area contributed by atoms with Crippen molar-refractivity contribution < 1.29 is 0 Å². The van der Waals surface area contributed by atoms with Gasteiger partial charge in [-0.25, -0.2) is 4.68 Å². The van der Waals surface area contributed by atoms with E-state index < -0.39 is 0 Å². The highest BCUT2D eigenvalue weighted by atomic mass is 15.5. The zero-order valence-corrected chi connectivity index (χ0v) is 8.56. The Bertz CT molecular complexity index is 295. The number of hydrogen-bond acceptors (Lipinski definition) is 4. The molecule has 1 saturated heterocycles. The first-order valence-electron chi connectivity index (χ1n) is 5.19. The monoisotopic (exact) mass is 195 g/mol. The van der Waals surface area contributed by atoms with Crippen LogP contribution in [0.25, 0.3) is 0 Å². The van der Waals surface area contributed by atoms with Crippen LogP contribution < -0.4 is 5.73 Å². The first-order valence-corrected chi connectivity index (χ1v) is 5.19. The lowest BCUT2D eigenvalue weighted by atomic mass is 10.1. The minimum Gasteiger partial charge on any atom is -0.381 e. The summed E-state index contributed by atoms with van der Waals surface area (Å²) >= 11 is 0. The number of likely N-dealkylation sites (tertiary alicyclic amines) is 1. The standard InChI is InChI=1S/C9H17N5/c1-2-13-5-3-4-8(6-13)14-7-9(10)11-12-14/h7-8H,2-6,10H2,1H3. The molecule has 0 amide bonds. The second-order valence-corrected chi connectivity index (χ2v) is 3.81. The molecule has 78 valence electrons. The second-order valence-electron chi connectivity index (χ2n) is 3.81. The van der Waals surface area contributed by atoms with Gasteiger partial charge in [-0.2, -0.15) is 0 Å². The molecule has 1 aliphatic heterocycles. The van der Waals surface area contributed by atoms with Gasteiger partial charge in [0.2, 0.25) is 0 Å². The fourth-order valence-corrected chi connectivity index (χ4v) is 2.00. The van der Waals surface area contributed by atoms with Gasteiger partial charge in [-0.1, -0.05) is 12.1 Å². The zero-order chi connectivity index (χ0) is 9.97. The third kappa shape index (κ3) is 1.87. The van der Waals surface area contributed by atoms with Gasteiger partial charge >= 0.3 is 0 Å². The van der Waals surface area contributed by atoms with Gasteiger partial charge in [-0.15, -0.1) is 5.10 Å². The van der Waals surface area contributed by atoms with Gasteiger partial charge in [0, 0.05) is 6.54 Å². The summed E-state index contributed by atoms with van der Waals surface area (Å²) in [5.41, 5.74) is 5.54. The summed E-state index contributed by atoms with van der Waals surface area (Å²) in [6.45, 7) is 5.58. The molecule has 2 N–H and O–H groups in total. The van der Waals surface area contributed by atoms with E-state index >= 15 is 0 Å². The minimum atomic E-state index is 0.452. The average molecular weight is 195 g/mol. The Morgan fingerprint density at radius 3 is 3.14 bits per heavy atom. The van der Waals surface area contributed by atoms with E-state index in [2.05, 4.69) is 22.1 Å². The summed E-state index contributed by atoms with van der Waals surface area (Å²) < 4.78 is 1.90. The summed E-state index contributed by atoms with van der Waals surface area (Å²) in [6, 6.07) is 0.452. The predicted octanol–water partition coefficient (Wildman–Crippen LogP) is 0.517. The molecule has 2 heterocycles. The van der Waals surface area contributed by atoms with Crippen LogP contribution in [-0.4, -0.2) is 39.5 Å². The van der Waals surface area contributed by atoms with E-state index in [9.17, 15) is 0 Å². The van der Waals surface area contributed by atoms with Crippen molar-refractivity contribution in [2.24, 2.45) is 0 Å². The Morgan fingerprint density at radius 2 is 2.50 bits per heavy atom. The molecule has 1 unspecified atom stereocenters. The normalized spacial score (nSPS) is 23.9. The van der Waals surface area contributed by atoms with Crippen molar-refractivity contribution in [3.05, 3.63) is 6.20 Å². The maximum Gasteiger partial charge on any atom is 0.165 e. The predicted molar refractivity (Wildman–Crippen MR) is 54.8 cm³/mol. The summed E-state index contributed by atoms with van der Waals surface area (Å²) in [5.74, 6) is 0.513.